The first kappa shape index (κ1) is 19.1. The summed E-state index contributed by atoms with van der Waals surface area (Å²) in [5.41, 5.74) is 15.8. The number of rotatable bonds is 5. The van der Waals surface area contributed by atoms with Gasteiger partial charge in [-0.15, -0.1) is 0 Å². The van der Waals surface area contributed by atoms with Crippen molar-refractivity contribution in [1.29, 1.82) is 0 Å². The third-order valence-corrected chi connectivity index (χ3v) is 5.10. The minimum atomic E-state index is 0.0918. The molecule has 25 heavy (non-hydrogen) atoms. The number of benzene rings is 2. The van der Waals surface area contributed by atoms with Crippen LogP contribution < -0.4 is 5.73 Å². The maximum Gasteiger partial charge on any atom is 0.0358 e. The van der Waals surface area contributed by atoms with Crippen molar-refractivity contribution in [3.8, 4) is 11.1 Å². The van der Waals surface area contributed by atoms with E-state index in [1.165, 1.54) is 27.8 Å². The molecule has 0 saturated carbocycles. The second-order valence-corrected chi connectivity index (χ2v) is 7.70. The second-order valence-electron chi connectivity index (χ2n) is 7.70. The lowest BCUT2D eigenvalue weighted by molar-refractivity contribution is 0.463. The highest BCUT2D eigenvalue weighted by atomic mass is 14.6. The van der Waals surface area contributed by atoms with Crippen LogP contribution in [0.25, 0.3) is 22.4 Å². The average molecular weight is 334 g/mol. The summed E-state index contributed by atoms with van der Waals surface area (Å²) in [7, 11) is 0. The zero-order chi connectivity index (χ0) is 18.8. The lowest BCUT2D eigenvalue weighted by Crippen LogP contribution is -2.11. The molecule has 2 aromatic carbocycles. The van der Waals surface area contributed by atoms with Gasteiger partial charge in [-0.1, -0.05) is 75.4 Å². The van der Waals surface area contributed by atoms with E-state index in [9.17, 15) is 0 Å². The Kier molecular flexibility index (Phi) is 5.57. The van der Waals surface area contributed by atoms with Crippen LogP contribution in [0.3, 0.4) is 0 Å². The standard InChI is InChI=1S/C24H31N/c1-8-24(6,7)15-22(25)23-17(4)13-14-20(18(23)5)21-12-10-9-11-19(21)16(2)3/h9-15H,2,8,25H2,1,3-7H3/b22-15+. The third kappa shape index (κ3) is 4.04. The summed E-state index contributed by atoms with van der Waals surface area (Å²) in [4.78, 5) is 0. The Balaban J connectivity index is 2.69. The van der Waals surface area contributed by atoms with Gasteiger partial charge >= 0.3 is 0 Å². The van der Waals surface area contributed by atoms with E-state index in [1.807, 2.05) is 0 Å². The summed E-state index contributed by atoms with van der Waals surface area (Å²) in [6.07, 6.45) is 3.26. The maximum absolute atomic E-state index is 6.55. The predicted molar refractivity (Wildman–Crippen MR) is 112 cm³/mol. The van der Waals surface area contributed by atoms with E-state index in [4.69, 9.17) is 5.73 Å². The molecule has 0 aliphatic heterocycles. The number of hydrogen-bond acceptors (Lipinski definition) is 1. The number of hydrogen-bond donors (Lipinski definition) is 1. The molecule has 0 saturated heterocycles. The SMILES string of the molecule is C=C(C)c1ccccc1-c1ccc(C)c(/C(N)=C\C(C)(C)CC)c1C. The molecule has 0 bridgehead atoms. The van der Waals surface area contributed by atoms with Crippen LogP contribution in [0.15, 0.2) is 49.1 Å². The maximum atomic E-state index is 6.55. The van der Waals surface area contributed by atoms with E-state index in [1.54, 1.807) is 0 Å². The molecule has 0 fully saturated rings. The Hall–Kier alpha value is -2.28. The molecule has 1 heteroatoms. The van der Waals surface area contributed by atoms with E-state index in [0.29, 0.717) is 0 Å². The van der Waals surface area contributed by atoms with Gasteiger partial charge < -0.3 is 5.73 Å². The van der Waals surface area contributed by atoms with Gasteiger partial charge in [-0.25, -0.2) is 0 Å². The van der Waals surface area contributed by atoms with Crippen molar-refractivity contribution in [3.05, 3.63) is 71.3 Å². The highest BCUT2D eigenvalue weighted by Crippen LogP contribution is 2.35. The van der Waals surface area contributed by atoms with E-state index in [2.05, 4.69) is 90.6 Å². The summed E-state index contributed by atoms with van der Waals surface area (Å²) in [5.74, 6) is 0. The molecule has 2 aromatic rings. The van der Waals surface area contributed by atoms with Crippen LogP contribution in [0.4, 0.5) is 0 Å². The van der Waals surface area contributed by atoms with Gasteiger partial charge in [-0.2, -0.15) is 0 Å². The van der Waals surface area contributed by atoms with Gasteiger partial charge in [0.25, 0.3) is 0 Å². The third-order valence-electron chi connectivity index (χ3n) is 5.10. The van der Waals surface area contributed by atoms with Crippen LogP contribution >= 0.6 is 0 Å². The second kappa shape index (κ2) is 7.31. The fourth-order valence-corrected chi connectivity index (χ4v) is 3.27. The number of aryl methyl sites for hydroxylation is 1. The summed E-state index contributed by atoms with van der Waals surface area (Å²) in [5, 5.41) is 0. The van der Waals surface area contributed by atoms with Crippen LogP contribution in [0.1, 0.15) is 56.4 Å². The molecule has 2 rings (SSSR count). The minimum Gasteiger partial charge on any atom is -0.398 e. The van der Waals surface area contributed by atoms with E-state index in [0.717, 1.165) is 23.3 Å². The predicted octanol–water partition coefficient (Wildman–Crippen LogP) is 6.74. The quantitative estimate of drug-likeness (QED) is 0.644. The number of nitrogens with two attached hydrogens (primary N) is 1. The van der Waals surface area contributed by atoms with Crippen molar-refractivity contribution in [2.45, 2.75) is 48.0 Å². The van der Waals surface area contributed by atoms with Crippen LogP contribution in [-0.4, -0.2) is 0 Å². The van der Waals surface area contributed by atoms with Gasteiger partial charge in [0.05, 0.1) is 0 Å². The zero-order valence-corrected chi connectivity index (χ0v) is 16.5. The monoisotopic (exact) mass is 333 g/mol. The van der Waals surface area contributed by atoms with Gasteiger partial charge in [0.2, 0.25) is 0 Å². The summed E-state index contributed by atoms with van der Waals surface area (Å²) >= 11 is 0. The lowest BCUT2D eigenvalue weighted by Gasteiger charge is -2.22. The van der Waals surface area contributed by atoms with Crippen LogP contribution in [0, 0.1) is 19.3 Å². The van der Waals surface area contributed by atoms with E-state index in [-0.39, 0.29) is 5.41 Å². The van der Waals surface area contributed by atoms with Crippen LogP contribution in [0.2, 0.25) is 0 Å². The van der Waals surface area contributed by atoms with Crippen LogP contribution in [-0.2, 0) is 0 Å². The summed E-state index contributed by atoms with van der Waals surface area (Å²) in [6, 6.07) is 12.8. The molecule has 0 aliphatic rings. The summed E-state index contributed by atoms with van der Waals surface area (Å²) < 4.78 is 0. The van der Waals surface area contributed by atoms with Crippen molar-refractivity contribution < 1.29 is 0 Å². The molecular formula is C24H31N. The minimum absolute atomic E-state index is 0.0918. The van der Waals surface area contributed by atoms with Crippen LogP contribution in [0.5, 0.6) is 0 Å². The fraction of sp³-hybridized carbons (Fsp3) is 0.333. The van der Waals surface area contributed by atoms with Crippen molar-refractivity contribution in [2.75, 3.05) is 0 Å². The number of allylic oxidation sites excluding steroid dienone is 2. The first-order valence-electron chi connectivity index (χ1n) is 9.02. The van der Waals surface area contributed by atoms with Gasteiger partial charge in [0.1, 0.15) is 0 Å². The Morgan fingerprint density at radius 2 is 1.72 bits per heavy atom. The van der Waals surface area contributed by atoms with E-state index < -0.39 is 0 Å². The van der Waals surface area contributed by atoms with Crippen molar-refractivity contribution in [1.82, 2.24) is 0 Å². The molecule has 0 amide bonds. The normalized spacial score (nSPS) is 12.3. The summed E-state index contributed by atoms with van der Waals surface area (Å²) in [6.45, 7) is 17.2. The molecule has 2 N–H and O–H groups in total. The molecule has 0 heterocycles. The van der Waals surface area contributed by atoms with Gasteiger partial charge in [-0.05, 0) is 60.4 Å². The molecule has 0 atom stereocenters. The largest absolute Gasteiger partial charge is 0.398 e. The molecule has 0 aliphatic carbocycles. The smallest absolute Gasteiger partial charge is 0.0358 e. The van der Waals surface area contributed by atoms with E-state index >= 15 is 0 Å². The van der Waals surface area contributed by atoms with Gasteiger partial charge in [0, 0.05) is 11.3 Å². The Morgan fingerprint density at radius 3 is 2.32 bits per heavy atom. The molecule has 0 unspecified atom stereocenters. The van der Waals surface area contributed by atoms with Gasteiger partial charge in [0.15, 0.2) is 0 Å². The molecule has 0 radical (unpaired) electrons. The Morgan fingerprint density at radius 1 is 1.08 bits per heavy atom. The highest BCUT2D eigenvalue weighted by Gasteiger charge is 2.17. The molecule has 1 nitrogen and oxygen atoms in total. The van der Waals surface area contributed by atoms with Crippen molar-refractivity contribution in [3.63, 3.8) is 0 Å². The molecule has 132 valence electrons. The topological polar surface area (TPSA) is 26.0 Å². The highest BCUT2D eigenvalue weighted by molar-refractivity contribution is 5.84. The average Bonchev–Trinajstić information content (AvgIpc) is 2.54. The zero-order valence-electron chi connectivity index (χ0n) is 16.5. The first-order valence-corrected chi connectivity index (χ1v) is 9.02. The first-order chi connectivity index (χ1) is 11.7. The molecule has 0 spiro atoms. The Bertz CT molecular complexity index is 822. The molecule has 0 aromatic heterocycles. The lowest BCUT2D eigenvalue weighted by atomic mass is 9.85. The van der Waals surface area contributed by atoms with Crippen molar-refractivity contribution >= 4 is 11.3 Å². The Labute approximate surface area is 153 Å². The van der Waals surface area contributed by atoms with Crippen molar-refractivity contribution in [2.24, 2.45) is 11.1 Å². The molecular weight excluding hydrogens is 302 g/mol. The van der Waals surface area contributed by atoms with Gasteiger partial charge in [-0.3, -0.25) is 0 Å². The fourth-order valence-electron chi connectivity index (χ4n) is 3.27.